The molecule has 0 saturated heterocycles. The molecule has 0 fully saturated rings. The molecule has 3 nitrogen and oxygen atoms in total. The molecule has 45 heavy (non-hydrogen) atoms. The van der Waals surface area contributed by atoms with Gasteiger partial charge in [0.25, 0.3) is 0 Å². The third kappa shape index (κ3) is 3.46. The van der Waals surface area contributed by atoms with E-state index >= 15 is 0 Å². The van der Waals surface area contributed by atoms with Gasteiger partial charge in [-0.25, -0.2) is 0 Å². The zero-order chi connectivity index (χ0) is 29.5. The number of anilines is 3. The maximum atomic E-state index is 6.92. The van der Waals surface area contributed by atoms with Gasteiger partial charge in [-0.3, -0.25) is 0 Å². The molecule has 2 aromatic heterocycles. The third-order valence-electron chi connectivity index (χ3n) is 9.22. The highest BCUT2D eigenvalue weighted by Gasteiger charge is 2.25. The minimum atomic E-state index is 0.842. The lowest BCUT2D eigenvalue weighted by Crippen LogP contribution is -2.11. The summed E-state index contributed by atoms with van der Waals surface area (Å²) in [5.41, 5.74) is 6.44. The van der Waals surface area contributed by atoms with E-state index in [1.54, 1.807) is 0 Å². The fourth-order valence-corrected chi connectivity index (χ4v) is 7.20. The highest BCUT2D eigenvalue weighted by Crippen LogP contribution is 2.49. The Balaban J connectivity index is 1.37. The number of nitrogens with zero attached hydrogens (tertiary/aromatic N) is 1. The van der Waals surface area contributed by atoms with Gasteiger partial charge in [-0.15, -0.1) is 0 Å². The van der Waals surface area contributed by atoms with E-state index in [2.05, 4.69) is 144 Å². The molecule has 0 aliphatic heterocycles. The monoisotopic (exact) mass is 575 g/mol. The van der Waals surface area contributed by atoms with Crippen LogP contribution in [0.5, 0.6) is 0 Å². The first-order chi connectivity index (χ1) is 22.3. The first-order valence-electron chi connectivity index (χ1n) is 15.3. The van der Waals surface area contributed by atoms with Gasteiger partial charge in [-0.1, -0.05) is 121 Å². The van der Waals surface area contributed by atoms with Crippen LogP contribution in [0, 0.1) is 0 Å². The number of hydrogen-bond acceptors (Lipinski definition) is 3. The maximum absolute atomic E-state index is 6.92. The topological polar surface area (TPSA) is 29.5 Å². The summed E-state index contributed by atoms with van der Waals surface area (Å²) in [5, 5.41) is 11.4. The van der Waals surface area contributed by atoms with E-state index in [9.17, 15) is 0 Å². The molecule has 0 saturated carbocycles. The van der Waals surface area contributed by atoms with Crippen LogP contribution in [-0.4, -0.2) is 0 Å². The predicted molar refractivity (Wildman–Crippen MR) is 188 cm³/mol. The average Bonchev–Trinajstić information content (AvgIpc) is 3.68. The molecule has 0 radical (unpaired) electrons. The summed E-state index contributed by atoms with van der Waals surface area (Å²) in [6, 6.07) is 53.6. The molecule has 0 unspecified atom stereocenters. The van der Waals surface area contributed by atoms with Crippen molar-refractivity contribution < 1.29 is 8.83 Å². The van der Waals surface area contributed by atoms with Crippen LogP contribution in [0.25, 0.3) is 76.2 Å². The van der Waals surface area contributed by atoms with E-state index in [-0.39, 0.29) is 0 Å². The second kappa shape index (κ2) is 9.22. The summed E-state index contributed by atoms with van der Waals surface area (Å²) >= 11 is 0. The Kier molecular flexibility index (Phi) is 5.00. The van der Waals surface area contributed by atoms with E-state index < -0.39 is 0 Å². The molecular formula is C42H25NO2. The Hall–Kier alpha value is -6.06. The van der Waals surface area contributed by atoms with Gasteiger partial charge in [0, 0.05) is 32.3 Å². The molecule has 0 atom stereocenters. The fourth-order valence-electron chi connectivity index (χ4n) is 7.20. The number of furan rings is 2. The van der Waals surface area contributed by atoms with Gasteiger partial charge in [0.1, 0.15) is 11.2 Å². The van der Waals surface area contributed by atoms with E-state index in [0.717, 1.165) is 77.1 Å². The van der Waals surface area contributed by atoms with Gasteiger partial charge in [-0.2, -0.15) is 0 Å². The van der Waals surface area contributed by atoms with E-state index in [0.29, 0.717) is 0 Å². The highest BCUT2D eigenvalue weighted by molar-refractivity contribution is 6.21. The van der Waals surface area contributed by atoms with Crippen molar-refractivity contribution in [3.63, 3.8) is 0 Å². The summed E-state index contributed by atoms with van der Waals surface area (Å²) in [7, 11) is 0. The van der Waals surface area contributed by atoms with Crippen molar-refractivity contribution in [2.75, 3.05) is 4.90 Å². The van der Waals surface area contributed by atoms with Crippen molar-refractivity contribution in [1.82, 2.24) is 0 Å². The molecule has 0 aliphatic rings. The van der Waals surface area contributed by atoms with Gasteiger partial charge in [0.05, 0.1) is 17.1 Å². The molecule has 2 heterocycles. The second-order valence-electron chi connectivity index (χ2n) is 11.7. The van der Waals surface area contributed by atoms with Gasteiger partial charge in [0.2, 0.25) is 0 Å². The second-order valence-corrected chi connectivity index (χ2v) is 11.7. The van der Waals surface area contributed by atoms with Gasteiger partial charge in [-0.05, 0) is 51.9 Å². The van der Waals surface area contributed by atoms with Crippen LogP contribution in [0.3, 0.4) is 0 Å². The highest BCUT2D eigenvalue weighted by atomic mass is 16.3. The molecule has 10 aromatic rings. The first kappa shape index (κ1) is 24.4. The van der Waals surface area contributed by atoms with Crippen molar-refractivity contribution >= 4 is 93.3 Å². The minimum Gasteiger partial charge on any atom is -0.454 e. The number of benzene rings is 8. The first-order valence-corrected chi connectivity index (χ1v) is 15.3. The smallest absolute Gasteiger partial charge is 0.159 e. The van der Waals surface area contributed by atoms with Gasteiger partial charge >= 0.3 is 0 Å². The van der Waals surface area contributed by atoms with E-state index in [4.69, 9.17) is 8.83 Å². The SMILES string of the molecule is c1ccc2c(c1)cc(N(c1cccc3c1oc1ccccc13)c1cccc3c1oc1c4ccccc4ccc31)c1ccccc12. The van der Waals surface area contributed by atoms with Crippen molar-refractivity contribution in [3.05, 3.63) is 152 Å². The number of fused-ring (bicyclic) bond motifs is 11. The molecule has 8 aromatic carbocycles. The lowest BCUT2D eigenvalue weighted by atomic mass is 9.98. The van der Waals surface area contributed by atoms with Crippen molar-refractivity contribution in [2.45, 2.75) is 0 Å². The quantitative estimate of drug-likeness (QED) is 0.196. The average molecular weight is 576 g/mol. The summed E-state index contributed by atoms with van der Waals surface area (Å²) < 4.78 is 13.6. The standard InChI is InChI=1S/C42H25NO2/c1-4-14-29-26(11-1)23-24-35-34-19-10-21-37(42(34)45-40(29)35)43(36-20-9-18-33-32-17-7-8-22-39(32)44-41(33)36)38-25-27-12-2-3-13-28(27)30-15-5-6-16-31(30)38/h1-25H. The van der Waals surface area contributed by atoms with Gasteiger partial charge in [0.15, 0.2) is 11.2 Å². The summed E-state index contributed by atoms with van der Waals surface area (Å²) in [5.74, 6) is 0. The van der Waals surface area contributed by atoms with E-state index in [1.807, 2.05) is 12.1 Å². The normalized spacial score (nSPS) is 12.0. The summed E-state index contributed by atoms with van der Waals surface area (Å²) in [6.45, 7) is 0. The third-order valence-corrected chi connectivity index (χ3v) is 9.22. The summed E-state index contributed by atoms with van der Waals surface area (Å²) in [4.78, 5) is 2.34. The zero-order valence-corrected chi connectivity index (χ0v) is 24.2. The predicted octanol–water partition coefficient (Wildman–Crippen LogP) is 12.4. The largest absolute Gasteiger partial charge is 0.454 e. The van der Waals surface area contributed by atoms with Crippen LogP contribution in [0.15, 0.2) is 160 Å². The number of para-hydroxylation sites is 3. The van der Waals surface area contributed by atoms with Crippen LogP contribution >= 0.6 is 0 Å². The van der Waals surface area contributed by atoms with Crippen molar-refractivity contribution in [1.29, 1.82) is 0 Å². The Morgan fingerprint density at radius 2 is 0.867 bits per heavy atom. The summed E-state index contributed by atoms with van der Waals surface area (Å²) in [6.07, 6.45) is 0. The van der Waals surface area contributed by atoms with Gasteiger partial charge < -0.3 is 13.7 Å². The maximum Gasteiger partial charge on any atom is 0.159 e. The van der Waals surface area contributed by atoms with Crippen LogP contribution in [-0.2, 0) is 0 Å². The number of rotatable bonds is 3. The van der Waals surface area contributed by atoms with Crippen molar-refractivity contribution in [2.24, 2.45) is 0 Å². The molecular weight excluding hydrogens is 550 g/mol. The Morgan fingerprint density at radius 1 is 0.311 bits per heavy atom. The fraction of sp³-hybridized carbons (Fsp3) is 0. The van der Waals surface area contributed by atoms with E-state index in [1.165, 1.54) is 16.2 Å². The van der Waals surface area contributed by atoms with Crippen LogP contribution < -0.4 is 4.90 Å². The molecule has 10 rings (SSSR count). The van der Waals surface area contributed by atoms with Crippen LogP contribution in [0.1, 0.15) is 0 Å². The molecule has 3 heteroatoms. The minimum absolute atomic E-state index is 0.842. The Labute approximate surface area is 258 Å². The Morgan fingerprint density at radius 3 is 1.67 bits per heavy atom. The lowest BCUT2D eigenvalue weighted by Gasteiger charge is -2.27. The molecule has 0 spiro atoms. The lowest BCUT2D eigenvalue weighted by molar-refractivity contribution is 0.667. The number of hydrogen-bond donors (Lipinski definition) is 0. The molecule has 210 valence electrons. The Bertz CT molecular complexity index is 2780. The molecule has 0 aliphatic carbocycles. The van der Waals surface area contributed by atoms with Crippen LogP contribution in [0.4, 0.5) is 17.1 Å². The molecule has 0 N–H and O–H groups in total. The molecule has 0 bridgehead atoms. The molecule has 0 amide bonds. The zero-order valence-electron chi connectivity index (χ0n) is 24.2. The van der Waals surface area contributed by atoms with Crippen molar-refractivity contribution in [3.8, 4) is 0 Å². The van der Waals surface area contributed by atoms with Crippen LogP contribution in [0.2, 0.25) is 0 Å².